The maximum Gasteiger partial charge on any atom is 0.306 e. The fraction of sp³-hybridized carbons (Fsp3) is 0.935. The van der Waals surface area contributed by atoms with Crippen LogP contribution in [0.5, 0.6) is 0 Å². The molecule has 52 heavy (non-hydrogen) atoms. The van der Waals surface area contributed by atoms with Crippen molar-refractivity contribution in [3.63, 3.8) is 0 Å². The first kappa shape index (κ1) is 50.4. The molecule has 6 heteroatoms. The first-order valence-electron chi connectivity index (χ1n) is 22.7. The molecule has 0 fully saturated rings. The van der Waals surface area contributed by atoms with Gasteiger partial charge in [0.1, 0.15) is 13.2 Å². The van der Waals surface area contributed by atoms with Crippen molar-refractivity contribution in [1.82, 2.24) is 0 Å². The van der Waals surface area contributed by atoms with Crippen molar-refractivity contribution in [2.45, 2.75) is 253 Å². The number of carbonyl (C=O) groups excluding carboxylic acids is 3. The van der Waals surface area contributed by atoms with Crippen molar-refractivity contribution < 1.29 is 28.6 Å². The molecule has 0 bridgehead atoms. The van der Waals surface area contributed by atoms with E-state index in [4.69, 9.17) is 14.2 Å². The maximum absolute atomic E-state index is 12.7. The number of hydrogen-bond donors (Lipinski definition) is 0. The number of carbonyl (C=O) groups is 3. The number of ether oxygens (including phenoxy) is 3. The summed E-state index contributed by atoms with van der Waals surface area (Å²) in [5.41, 5.74) is 0. The van der Waals surface area contributed by atoms with E-state index in [1.54, 1.807) is 0 Å². The van der Waals surface area contributed by atoms with E-state index in [2.05, 4.69) is 34.6 Å². The molecular weight excluding hydrogens is 649 g/mol. The van der Waals surface area contributed by atoms with E-state index in [-0.39, 0.29) is 31.1 Å². The Morgan fingerprint density at radius 2 is 0.635 bits per heavy atom. The summed E-state index contributed by atoms with van der Waals surface area (Å²) in [5.74, 6) is 0.770. The van der Waals surface area contributed by atoms with Crippen LogP contribution in [0.3, 0.4) is 0 Å². The lowest BCUT2D eigenvalue weighted by molar-refractivity contribution is -0.167. The molecule has 0 aromatic rings. The SMILES string of the molecule is CCCCCCCCCC(=O)OC[C@H](COC(=O)CCCCCCCCCCC(C)C)OC(=O)CCCCCCCCCCCCCCCC(C)C. The van der Waals surface area contributed by atoms with Crippen LogP contribution in [0, 0.1) is 11.8 Å². The third-order valence-electron chi connectivity index (χ3n) is 10.2. The maximum atomic E-state index is 12.7. The average Bonchev–Trinajstić information content (AvgIpc) is 3.11. The van der Waals surface area contributed by atoms with Gasteiger partial charge in [-0.25, -0.2) is 0 Å². The second kappa shape index (κ2) is 39.1. The van der Waals surface area contributed by atoms with Gasteiger partial charge in [-0.05, 0) is 31.1 Å². The Bertz CT molecular complexity index is 794. The summed E-state index contributed by atoms with van der Waals surface area (Å²) in [6.07, 6.45) is 36.7. The second-order valence-electron chi connectivity index (χ2n) is 16.6. The molecule has 0 aliphatic heterocycles. The predicted molar refractivity (Wildman–Crippen MR) is 220 cm³/mol. The molecule has 0 heterocycles. The van der Waals surface area contributed by atoms with Gasteiger partial charge in [0.25, 0.3) is 0 Å². The van der Waals surface area contributed by atoms with E-state index in [0.717, 1.165) is 69.6 Å². The molecule has 0 aliphatic carbocycles. The lowest BCUT2D eigenvalue weighted by Gasteiger charge is -2.18. The number of rotatable bonds is 40. The summed E-state index contributed by atoms with van der Waals surface area (Å²) in [7, 11) is 0. The van der Waals surface area contributed by atoms with E-state index in [1.807, 2.05) is 0 Å². The molecule has 0 saturated carbocycles. The minimum Gasteiger partial charge on any atom is -0.462 e. The second-order valence-corrected chi connectivity index (χ2v) is 16.6. The third kappa shape index (κ3) is 39.6. The van der Waals surface area contributed by atoms with Gasteiger partial charge in [-0.2, -0.15) is 0 Å². The van der Waals surface area contributed by atoms with E-state index < -0.39 is 6.10 Å². The summed E-state index contributed by atoms with van der Waals surface area (Å²) in [5, 5.41) is 0. The van der Waals surface area contributed by atoms with Gasteiger partial charge in [0.05, 0.1) is 0 Å². The fourth-order valence-electron chi connectivity index (χ4n) is 6.75. The fourth-order valence-corrected chi connectivity index (χ4v) is 6.75. The molecular formula is C46H88O6. The molecule has 1 atom stereocenters. The van der Waals surface area contributed by atoms with Crippen molar-refractivity contribution in [3.05, 3.63) is 0 Å². The highest BCUT2D eigenvalue weighted by molar-refractivity contribution is 5.71. The highest BCUT2D eigenvalue weighted by Crippen LogP contribution is 2.16. The Morgan fingerprint density at radius 3 is 0.942 bits per heavy atom. The first-order chi connectivity index (χ1) is 25.2. The molecule has 308 valence electrons. The van der Waals surface area contributed by atoms with Gasteiger partial charge in [0.2, 0.25) is 0 Å². The highest BCUT2D eigenvalue weighted by Gasteiger charge is 2.19. The van der Waals surface area contributed by atoms with Crippen molar-refractivity contribution in [1.29, 1.82) is 0 Å². The predicted octanol–water partition coefficient (Wildman–Crippen LogP) is 14.2. The molecule has 0 spiro atoms. The minimum atomic E-state index is -0.759. The number of esters is 3. The van der Waals surface area contributed by atoms with E-state index >= 15 is 0 Å². The molecule has 0 aromatic carbocycles. The zero-order valence-corrected chi connectivity index (χ0v) is 35.4. The molecule has 0 amide bonds. The zero-order chi connectivity index (χ0) is 38.3. The van der Waals surface area contributed by atoms with Crippen LogP contribution in [0.4, 0.5) is 0 Å². The average molecular weight is 737 g/mol. The molecule has 0 rings (SSSR count). The Hall–Kier alpha value is -1.59. The molecule has 0 radical (unpaired) electrons. The molecule has 6 nitrogen and oxygen atoms in total. The van der Waals surface area contributed by atoms with Gasteiger partial charge in [0.15, 0.2) is 6.10 Å². The summed E-state index contributed by atoms with van der Waals surface area (Å²) in [4.78, 5) is 37.6. The van der Waals surface area contributed by atoms with Gasteiger partial charge in [-0.3, -0.25) is 14.4 Å². The topological polar surface area (TPSA) is 78.9 Å². The zero-order valence-electron chi connectivity index (χ0n) is 35.4. The minimum absolute atomic E-state index is 0.0657. The Kier molecular flexibility index (Phi) is 37.9. The van der Waals surface area contributed by atoms with Crippen LogP contribution < -0.4 is 0 Å². The van der Waals surface area contributed by atoms with Gasteiger partial charge >= 0.3 is 17.9 Å². The van der Waals surface area contributed by atoms with Gasteiger partial charge in [-0.1, -0.05) is 208 Å². The summed E-state index contributed by atoms with van der Waals surface area (Å²) >= 11 is 0. The summed E-state index contributed by atoms with van der Waals surface area (Å²) in [6.45, 7) is 11.3. The Morgan fingerprint density at radius 1 is 0.365 bits per heavy atom. The molecule has 0 aliphatic rings. The van der Waals surface area contributed by atoms with E-state index in [9.17, 15) is 14.4 Å². The largest absolute Gasteiger partial charge is 0.462 e. The van der Waals surface area contributed by atoms with Crippen LogP contribution >= 0.6 is 0 Å². The monoisotopic (exact) mass is 737 g/mol. The van der Waals surface area contributed by atoms with Gasteiger partial charge in [-0.15, -0.1) is 0 Å². The lowest BCUT2D eigenvalue weighted by Crippen LogP contribution is -2.30. The highest BCUT2D eigenvalue weighted by atomic mass is 16.6. The summed E-state index contributed by atoms with van der Waals surface area (Å²) in [6, 6.07) is 0. The van der Waals surface area contributed by atoms with Gasteiger partial charge in [0, 0.05) is 19.3 Å². The normalized spacial score (nSPS) is 12.1. The third-order valence-corrected chi connectivity index (χ3v) is 10.2. The quantitative estimate of drug-likeness (QED) is 0.0354. The van der Waals surface area contributed by atoms with Crippen LogP contribution in [-0.2, 0) is 28.6 Å². The molecule has 0 unspecified atom stereocenters. The van der Waals surface area contributed by atoms with Crippen molar-refractivity contribution in [2.24, 2.45) is 11.8 Å². The van der Waals surface area contributed by atoms with E-state index in [1.165, 1.54) is 135 Å². The van der Waals surface area contributed by atoms with Crippen molar-refractivity contribution in [3.8, 4) is 0 Å². The summed E-state index contributed by atoms with van der Waals surface area (Å²) < 4.78 is 16.7. The van der Waals surface area contributed by atoms with Crippen molar-refractivity contribution in [2.75, 3.05) is 13.2 Å². The van der Waals surface area contributed by atoms with Crippen LogP contribution in [0.25, 0.3) is 0 Å². The Balaban J connectivity index is 4.26. The number of hydrogen-bond acceptors (Lipinski definition) is 6. The molecule has 0 N–H and O–H groups in total. The molecule has 0 saturated heterocycles. The van der Waals surface area contributed by atoms with Crippen LogP contribution in [0.15, 0.2) is 0 Å². The van der Waals surface area contributed by atoms with Gasteiger partial charge < -0.3 is 14.2 Å². The first-order valence-corrected chi connectivity index (χ1v) is 22.7. The van der Waals surface area contributed by atoms with Crippen LogP contribution in [-0.4, -0.2) is 37.2 Å². The number of unbranched alkanes of at least 4 members (excludes halogenated alkanes) is 25. The standard InChI is InChI=1S/C46H88O6/c1-6-7-8-9-19-26-31-36-44(47)50-39-43(40-51-45(48)37-32-27-22-18-17-21-25-30-35-42(4)5)52-46(49)38-33-28-23-16-14-12-10-11-13-15-20-24-29-34-41(2)3/h41-43H,6-40H2,1-5H3/t43-/m1/s1. The van der Waals surface area contributed by atoms with Crippen LogP contribution in [0.1, 0.15) is 247 Å². The Labute approximate surface area is 323 Å². The smallest absolute Gasteiger partial charge is 0.306 e. The van der Waals surface area contributed by atoms with Crippen LogP contribution in [0.2, 0.25) is 0 Å². The van der Waals surface area contributed by atoms with E-state index in [0.29, 0.717) is 19.3 Å². The van der Waals surface area contributed by atoms with Crippen molar-refractivity contribution >= 4 is 17.9 Å². The lowest BCUT2D eigenvalue weighted by atomic mass is 10.0. The molecule has 0 aromatic heterocycles.